The van der Waals surface area contributed by atoms with Crippen LogP contribution in [-0.2, 0) is 13.0 Å². The van der Waals surface area contributed by atoms with Crippen molar-refractivity contribution in [3.8, 4) is 5.75 Å². The summed E-state index contributed by atoms with van der Waals surface area (Å²) in [7, 11) is 1.58. The molecule has 0 saturated heterocycles. The smallest absolute Gasteiger partial charge is 0.255 e. The molecular weight excluding hydrogens is 299 g/mol. The van der Waals surface area contributed by atoms with Gasteiger partial charge in [0.1, 0.15) is 16.7 Å². The van der Waals surface area contributed by atoms with E-state index in [0.29, 0.717) is 29.6 Å². The maximum atomic E-state index is 12.1. The number of hydrogen-bond donors (Lipinski definition) is 0. The first-order valence-corrected chi connectivity index (χ1v) is 6.89. The third kappa shape index (κ3) is 3.14. The summed E-state index contributed by atoms with van der Waals surface area (Å²) in [4.78, 5) is 16.3. The Balaban J connectivity index is 2.50. The van der Waals surface area contributed by atoms with Crippen LogP contribution in [0.2, 0.25) is 10.2 Å². The van der Waals surface area contributed by atoms with E-state index in [9.17, 15) is 4.79 Å². The van der Waals surface area contributed by atoms with E-state index in [-0.39, 0.29) is 10.7 Å². The van der Waals surface area contributed by atoms with E-state index in [1.165, 1.54) is 6.07 Å². The molecule has 6 heteroatoms. The highest BCUT2D eigenvalue weighted by molar-refractivity contribution is 6.30. The molecule has 0 atom stereocenters. The number of ether oxygens (including phenoxy) is 1. The largest absolute Gasteiger partial charge is 0.496 e. The molecule has 1 heterocycles. The van der Waals surface area contributed by atoms with E-state index >= 15 is 0 Å². The Bertz CT molecular complexity index is 683. The van der Waals surface area contributed by atoms with Crippen molar-refractivity contribution in [2.24, 2.45) is 0 Å². The summed E-state index contributed by atoms with van der Waals surface area (Å²) in [6.07, 6.45) is 0.610. The SMILES string of the molecule is CCc1nc(Cl)cc(=O)n1Cc1cc(Cl)ccc1OC. The van der Waals surface area contributed by atoms with Crippen molar-refractivity contribution in [3.05, 3.63) is 56.2 Å². The van der Waals surface area contributed by atoms with Crippen molar-refractivity contribution in [1.82, 2.24) is 9.55 Å². The van der Waals surface area contributed by atoms with E-state index in [4.69, 9.17) is 27.9 Å². The minimum atomic E-state index is -0.191. The quantitative estimate of drug-likeness (QED) is 0.814. The molecule has 0 radical (unpaired) electrons. The lowest BCUT2D eigenvalue weighted by atomic mass is 10.2. The van der Waals surface area contributed by atoms with Crippen molar-refractivity contribution in [2.75, 3.05) is 7.11 Å². The second-order valence-electron chi connectivity index (χ2n) is 4.23. The van der Waals surface area contributed by atoms with Gasteiger partial charge in [-0.05, 0) is 18.2 Å². The summed E-state index contributed by atoms with van der Waals surface area (Å²) < 4.78 is 6.86. The first-order chi connectivity index (χ1) is 9.55. The molecule has 0 amide bonds. The summed E-state index contributed by atoms with van der Waals surface area (Å²) in [5, 5.41) is 0.801. The monoisotopic (exact) mass is 312 g/mol. The molecule has 1 aromatic heterocycles. The fourth-order valence-corrected chi connectivity index (χ4v) is 2.39. The fourth-order valence-electron chi connectivity index (χ4n) is 2.00. The highest BCUT2D eigenvalue weighted by Crippen LogP contribution is 2.23. The van der Waals surface area contributed by atoms with Crippen LogP contribution in [0.25, 0.3) is 0 Å². The molecule has 0 spiro atoms. The molecule has 2 rings (SSSR count). The van der Waals surface area contributed by atoms with Crippen LogP contribution in [-0.4, -0.2) is 16.7 Å². The van der Waals surface area contributed by atoms with Crippen LogP contribution in [0.1, 0.15) is 18.3 Å². The van der Waals surface area contributed by atoms with Gasteiger partial charge in [0.25, 0.3) is 5.56 Å². The second-order valence-corrected chi connectivity index (χ2v) is 5.05. The number of hydrogen-bond acceptors (Lipinski definition) is 3. The lowest BCUT2D eigenvalue weighted by Gasteiger charge is -2.13. The van der Waals surface area contributed by atoms with Gasteiger partial charge in [0.2, 0.25) is 0 Å². The molecule has 0 aliphatic heterocycles. The number of aryl methyl sites for hydroxylation is 1. The maximum absolute atomic E-state index is 12.1. The van der Waals surface area contributed by atoms with Crippen LogP contribution in [0.5, 0.6) is 5.75 Å². The molecule has 20 heavy (non-hydrogen) atoms. The average Bonchev–Trinajstić information content (AvgIpc) is 2.41. The number of benzene rings is 1. The van der Waals surface area contributed by atoms with Crippen LogP contribution < -0.4 is 10.3 Å². The Kier molecular flexibility index (Phi) is 4.68. The van der Waals surface area contributed by atoms with E-state index in [1.807, 2.05) is 6.92 Å². The summed E-state index contributed by atoms with van der Waals surface area (Å²) in [5.41, 5.74) is 0.629. The number of rotatable bonds is 4. The zero-order valence-electron chi connectivity index (χ0n) is 11.2. The first-order valence-electron chi connectivity index (χ1n) is 6.13. The van der Waals surface area contributed by atoms with Gasteiger partial charge in [0.15, 0.2) is 0 Å². The molecular formula is C14H14Cl2N2O2. The maximum Gasteiger partial charge on any atom is 0.255 e. The van der Waals surface area contributed by atoms with Crippen molar-refractivity contribution < 1.29 is 4.74 Å². The third-order valence-corrected chi connectivity index (χ3v) is 3.37. The highest BCUT2D eigenvalue weighted by atomic mass is 35.5. The second kappa shape index (κ2) is 6.29. The standard InChI is InChI=1S/C14H14Cl2N2O2/c1-3-13-17-12(16)7-14(19)18(13)8-9-6-10(15)4-5-11(9)20-2/h4-7H,3,8H2,1-2H3. The first kappa shape index (κ1) is 14.9. The van der Waals surface area contributed by atoms with Gasteiger partial charge in [0.05, 0.1) is 13.7 Å². The Morgan fingerprint density at radius 1 is 1.30 bits per heavy atom. The molecule has 0 N–H and O–H groups in total. The molecule has 0 aliphatic rings. The third-order valence-electron chi connectivity index (χ3n) is 2.94. The molecule has 2 aromatic rings. The Morgan fingerprint density at radius 2 is 2.05 bits per heavy atom. The molecule has 0 aliphatic carbocycles. The van der Waals surface area contributed by atoms with Gasteiger partial charge in [-0.2, -0.15) is 0 Å². The topological polar surface area (TPSA) is 44.1 Å². The van der Waals surface area contributed by atoms with Gasteiger partial charge < -0.3 is 4.74 Å². The predicted octanol–water partition coefficient (Wildman–Crippen LogP) is 3.17. The van der Waals surface area contributed by atoms with Gasteiger partial charge in [0, 0.05) is 23.1 Å². The summed E-state index contributed by atoms with van der Waals surface area (Å²) >= 11 is 11.8. The number of halogens is 2. The molecule has 106 valence electrons. The predicted molar refractivity (Wildman–Crippen MR) is 80.0 cm³/mol. The molecule has 0 bridgehead atoms. The molecule has 0 unspecified atom stereocenters. The van der Waals surface area contributed by atoms with Crippen LogP contribution >= 0.6 is 23.2 Å². The summed E-state index contributed by atoms with van der Waals surface area (Å²) in [5.74, 6) is 1.31. The normalized spacial score (nSPS) is 10.6. The van der Waals surface area contributed by atoms with Gasteiger partial charge in [-0.1, -0.05) is 30.1 Å². The zero-order valence-corrected chi connectivity index (χ0v) is 12.7. The zero-order chi connectivity index (χ0) is 14.7. The lowest BCUT2D eigenvalue weighted by Crippen LogP contribution is -2.25. The van der Waals surface area contributed by atoms with E-state index in [2.05, 4.69) is 4.98 Å². The van der Waals surface area contributed by atoms with Gasteiger partial charge >= 0.3 is 0 Å². The minimum absolute atomic E-state index is 0.191. The van der Waals surface area contributed by atoms with Crippen molar-refractivity contribution in [1.29, 1.82) is 0 Å². The fraction of sp³-hybridized carbons (Fsp3) is 0.286. The Morgan fingerprint density at radius 3 is 2.70 bits per heavy atom. The van der Waals surface area contributed by atoms with Crippen LogP contribution in [0.15, 0.2) is 29.1 Å². The molecule has 1 aromatic carbocycles. The minimum Gasteiger partial charge on any atom is -0.496 e. The molecule has 0 fully saturated rings. The Hall–Kier alpha value is -1.52. The van der Waals surface area contributed by atoms with E-state index in [0.717, 1.165) is 5.56 Å². The summed E-state index contributed by atoms with van der Waals surface area (Å²) in [6, 6.07) is 6.60. The number of nitrogens with zero attached hydrogens (tertiary/aromatic N) is 2. The molecule has 0 saturated carbocycles. The van der Waals surface area contributed by atoms with Crippen molar-refractivity contribution >= 4 is 23.2 Å². The number of methoxy groups -OCH3 is 1. The van der Waals surface area contributed by atoms with Gasteiger partial charge in [-0.3, -0.25) is 9.36 Å². The van der Waals surface area contributed by atoms with Crippen molar-refractivity contribution in [2.45, 2.75) is 19.9 Å². The van der Waals surface area contributed by atoms with Gasteiger partial charge in [-0.25, -0.2) is 4.98 Å². The van der Waals surface area contributed by atoms with Crippen molar-refractivity contribution in [3.63, 3.8) is 0 Å². The van der Waals surface area contributed by atoms with E-state index < -0.39 is 0 Å². The average molecular weight is 313 g/mol. The van der Waals surface area contributed by atoms with Crippen LogP contribution in [0.3, 0.4) is 0 Å². The number of aromatic nitrogens is 2. The van der Waals surface area contributed by atoms with E-state index in [1.54, 1.807) is 29.9 Å². The lowest BCUT2D eigenvalue weighted by molar-refractivity contribution is 0.407. The van der Waals surface area contributed by atoms with Crippen LogP contribution in [0, 0.1) is 0 Å². The van der Waals surface area contributed by atoms with Crippen LogP contribution in [0.4, 0.5) is 0 Å². The Labute approximate surface area is 126 Å². The highest BCUT2D eigenvalue weighted by Gasteiger charge is 2.10. The summed E-state index contributed by atoms with van der Waals surface area (Å²) in [6.45, 7) is 2.26. The molecule has 4 nitrogen and oxygen atoms in total. The van der Waals surface area contributed by atoms with Gasteiger partial charge in [-0.15, -0.1) is 0 Å².